The molecule has 136 valence electrons. The number of aryl methyl sites for hydroxylation is 1. The summed E-state index contributed by atoms with van der Waals surface area (Å²) in [5.74, 6) is 0.163. The van der Waals surface area contributed by atoms with Crippen LogP contribution in [0.1, 0.15) is 17.5 Å². The molecule has 0 saturated heterocycles. The standard InChI is InChI=1S/C19H23N3O.2ClH/c1-21-12-13-22(18-9-5-3-7-16(18)14-21)19(23)11-10-15-6-2-4-8-17(15)20;;/h2-9H,10-14,20H2,1H3;2*1H. The summed E-state index contributed by atoms with van der Waals surface area (Å²) >= 11 is 0. The van der Waals surface area contributed by atoms with Crippen molar-refractivity contribution in [1.82, 2.24) is 4.90 Å². The Balaban J connectivity index is 0.00000156. The molecule has 0 atom stereocenters. The zero-order valence-corrected chi connectivity index (χ0v) is 16.0. The molecule has 0 bridgehead atoms. The molecule has 3 rings (SSSR count). The Morgan fingerprint density at radius 2 is 1.72 bits per heavy atom. The van der Waals surface area contributed by atoms with E-state index in [1.165, 1.54) is 5.56 Å². The largest absolute Gasteiger partial charge is 0.399 e. The molecule has 2 aromatic rings. The van der Waals surface area contributed by atoms with Crippen LogP contribution in [-0.4, -0.2) is 30.9 Å². The Bertz CT molecular complexity index is 709. The highest BCUT2D eigenvalue weighted by Gasteiger charge is 2.22. The molecule has 2 aromatic carbocycles. The van der Waals surface area contributed by atoms with Gasteiger partial charge in [0.05, 0.1) is 0 Å². The van der Waals surface area contributed by atoms with E-state index < -0.39 is 0 Å². The lowest BCUT2D eigenvalue weighted by Crippen LogP contribution is -2.35. The first-order valence-electron chi connectivity index (χ1n) is 8.05. The van der Waals surface area contributed by atoms with Crippen molar-refractivity contribution < 1.29 is 4.79 Å². The second-order valence-corrected chi connectivity index (χ2v) is 6.11. The van der Waals surface area contributed by atoms with Gasteiger partial charge in [0.2, 0.25) is 5.91 Å². The highest BCUT2D eigenvalue weighted by atomic mass is 35.5. The quantitative estimate of drug-likeness (QED) is 0.827. The van der Waals surface area contributed by atoms with Gasteiger partial charge < -0.3 is 15.5 Å². The van der Waals surface area contributed by atoms with Gasteiger partial charge in [-0.15, -0.1) is 24.8 Å². The Morgan fingerprint density at radius 3 is 2.48 bits per heavy atom. The van der Waals surface area contributed by atoms with E-state index in [2.05, 4.69) is 18.0 Å². The van der Waals surface area contributed by atoms with E-state index in [0.29, 0.717) is 12.8 Å². The number of nitrogens with two attached hydrogens (primary N) is 1. The number of rotatable bonds is 3. The smallest absolute Gasteiger partial charge is 0.227 e. The summed E-state index contributed by atoms with van der Waals surface area (Å²) in [5.41, 5.74) is 10.0. The first-order chi connectivity index (χ1) is 11.1. The Kier molecular flexibility index (Phi) is 8.23. The van der Waals surface area contributed by atoms with Gasteiger partial charge >= 0.3 is 0 Å². The number of carbonyl (C=O) groups is 1. The van der Waals surface area contributed by atoms with Crippen LogP contribution in [0.5, 0.6) is 0 Å². The maximum Gasteiger partial charge on any atom is 0.227 e. The van der Waals surface area contributed by atoms with Crippen LogP contribution in [0.4, 0.5) is 11.4 Å². The molecule has 4 nitrogen and oxygen atoms in total. The third-order valence-corrected chi connectivity index (χ3v) is 4.39. The Labute approximate surface area is 161 Å². The van der Waals surface area contributed by atoms with Gasteiger partial charge in [-0.05, 0) is 36.7 Å². The van der Waals surface area contributed by atoms with Crippen molar-refractivity contribution in [3.63, 3.8) is 0 Å². The molecular weight excluding hydrogens is 357 g/mol. The average molecular weight is 382 g/mol. The molecule has 0 aliphatic carbocycles. The molecule has 1 aliphatic heterocycles. The molecule has 1 aliphatic rings. The van der Waals surface area contributed by atoms with Gasteiger partial charge in [0.25, 0.3) is 0 Å². The van der Waals surface area contributed by atoms with E-state index in [1.807, 2.05) is 47.4 Å². The number of hydrogen-bond donors (Lipinski definition) is 1. The van der Waals surface area contributed by atoms with E-state index in [1.54, 1.807) is 0 Å². The maximum atomic E-state index is 12.8. The van der Waals surface area contributed by atoms with Crippen molar-refractivity contribution in [2.24, 2.45) is 0 Å². The van der Waals surface area contributed by atoms with E-state index in [9.17, 15) is 4.79 Å². The molecule has 0 aromatic heterocycles. The van der Waals surface area contributed by atoms with Crippen molar-refractivity contribution >= 4 is 42.1 Å². The van der Waals surface area contributed by atoms with Crippen molar-refractivity contribution in [1.29, 1.82) is 0 Å². The van der Waals surface area contributed by atoms with Crippen molar-refractivity contribution in [2.45, 2.75) is 19.4 Å². The lowest BCUT2D eigenvalue weighted by molar-refractivity contribution is -0.118. The molecule has 2 N–H and O–H groups in total. The minimum absolute atomic E-state index is 0. The maximum absolute atomic E-state index is 12.8. The lowest BCUT2D eigenvalue weighted by atomic mass is 10.1. The molecule has 0 fully saturated rings. The molecule has 6 heteroatoms. The van der Waals surface area contributed by atoms with Gasteiger partial charge in [-0.2, -0.15) is 0 Å². The number of likely N-dealkylation sites (N-methyl/N-ethyl adjacent to an activating group) is 1. The van der Waals surface area contributed by atoms with E-state index in [4.69, 9.17) is 5.73 Å². The Hall–Kier alpha value is -1.75. The molecule has 1 heterocycles. The summed E-state index contributed by atoms with van der Waals surface area (Å²) in [5, 5.41) is 0. The number of nitrogen functional groups attached to an aromatic ring is 1. The van der Waals surface area contributed by atoms with Crippen molar-refractivity contribution in [3.05, 3.63) is 59.7 Å². The second-order valence-electron chi connectivity index (χ2n) is 6.11. The summed E-state index contributed by atoms with van der Waals surface area (Å²) in [6, 6.07) is 15.9. The van der Waals surface area contributed by atoms with Crippen molar-refractivity contribution in [3.8, 4) is 0 Å². The monoisotopic (exact) mass is 381 g/mol. The number of carbonyl (C=O) groups excluding carboxylic acids is 1. The number of amides is 1. The van der Waals surface area contributed by atoms with Crippen LogP contribution < -0.4 is 10.6 Å². The first kappa shape index (κ1) is 21.3. The fraction of sp³-hybridized carbons (Fsp3) is 0.316. The highest BCUT2D eigenvalue weighted by molar-refractivity contribution is 5.94. The molecular formula is C19H25Cl2N3O. The molecule has 1 amide bonds. The first-order valence-corrected chi connectivity index (χ1v) is 8.05. The van der Waals surface area contributed by atoms with Gasteiger partial charge in [0, 0.05) is 37.4 Å². The number of fused-ring (bicyclic) bond motifs is 1. The van der Waals surface area contributed by atoms with E-state index >= 15 is 0 Å². The van der Waals surface area contributed by atoms with Gasteiger partial charge in [-0.3, -0.25) is 4.79 Å². The van der Waals surface area contributed by atoms with Gasteiger partial charge in [0.15, 0.2) is 0 Å². The lowest BCUT2D eigenvalue weighted by Gasteiger charge is -2.23. The molecule has 25 heavy (non-hydrogen) atoms. The molecule has 0 spiro atoms. The van der Waals surface area contributed by atoms with E-state index in [0.717, 1.165) is 36.6 Å². The van der Waals surface area contributed by atoms with Crippen LogP contribution in [-0.2, 0) is 17.8 Å². The fourth-order valence-electron chi connectivity index (χ4n) is 3.07. The summed E-state index contributed by atoms with van der Waals surface area (Å²) in [7, 11) is 2.09. The van der Waals surface area contributed by atoms with Crippen LogP contribution in [0.15, 0.2) is 48.5 Å². The third kappa shape index (κ3) is 5.11. The van der Waals surface area contributed by atoms with Crippen LogP contribution >= 0.6 is 24.8 Å². The third-order valence-electron chi connectivity index (χ3n) is 4.39. The van der Waals surface area contributed by atoms with Crippen LogP contribution in [0.2, 0.25) is 0 Å². The number of benzene rings is 2. The van der Waals surface area contributed by atoms with E-state index in [-0.39, 0.29) is 30.7 Å². The van der Waals surface area contributed by atoms with Crippen molar-refractivity contribution in [2.75, 3.05) is 30.8 Å². The summed E-state index contributed by atoms with van der Waals surface area (Å²) in [6.45, 7) is 2.50. The molecule has 0 saturated carbocycles. The summed E-state index contributed by atoms with van der Waals surface area (Å²) < 4.78 is 0. The average Bonchev–Trinajstić information content (AvgIpc) is 2.72. The zero-order valence-electron chi connectivity index (χ0n) is 14.4. The predicted molar refractivity (Wildman–Crippen MR) is 109 cm³/mol. The zero-order chi connectivity index (χ0) is 16.2. The topological polar surface area (TPSA) is 49.6 Å². The normalized spacial score (nSPS) is 13.9. The number of anilines is 2. The van der Waals surface area contributed by atoms with Crippen LogP contribution in [0.25, 0.3) is 0 Å². The highest BCUT2D eigenvalue weighted by Crippen LogP contribution is 2.25. The Morgan fingerprint density at radius 1 is 1.04 bits per heavy atom. The molecule has 0 unspecified atom stereocenters. The number of nitrogens with zero attached hydrogens (tertiary/aromatic N) is 2. The summed E-state index contributed by atoms with van der Waals surface area (Å²) in [4.78, 5) is 17.0. The minimum atomic E-state index is 0. The number of para-hydroxylation sites is 2. The summed E-state index contributed by atoms with van der Waals surface area (Å²) in [6.07, 6.45) is 1.16. The van der Waals surface area contributed by atoms with Gasteiger partial charge in [0.1, 0.15) is 0 Å². The van der Waals surface area contributed by atoms with Crippen LogP contribution in [0.3, 0.4) is 0 Å². The predicted octanol–water partition coefficient (Wildman–Crippen LogP) is 3.52. The second kappa shape index (κ2) is 9.66. The minimum Gasteiger partial charge on any atom is -0.399 e. The van der Waals surface area contributed by atoms with Gasteiger partial charge in [-0.1, -0.05) is 36.4 Å². The SMILES string of the molecule is CN1CCN(C(=O)CCc2ccccc2N)c2ccccc2C1.Cl.Cl. The molecule has 0 radical (unpaired) electrons. The van der Waals surface area contributed by atoms with Gasteiger partial charge in [-0.25, -0.2) is 0 Å². The number of hydrogen-bond acceptors (Lipinski definition) is 3. The van der Waals surface area contributed by atoms with Crippen LogP contribution in [0, 0.1) is 0 Å². The number of halogens is 2. The fourth-order valence-corrected chi connectivity index (χ4v) is 3.07.